The van der Waals surface area contributed by atoms with E-state index in [2.05, 4.69) is 16.5 Å². The molecule has 0 bridgehead atoms. The summed E-state index contributed by atoms with van der Waals surface area (Å²) in [5.41, 5.74) is 2.26. The maximum absolute atomic E-state index is 12.6. The van der Waals surface area contributed by atoms with Crippen molar-refractivity contribution < 1.29 is 9.53 Å². The van der Waals surface area contributed by atoms with Gasteiger partial charge in [-0.2, -0.15) is 5.10 Å². The number of ether oxygens (including phenoxy) is 1. The van der Waals surface area contributed by atoms with Crippen molar-refractivity contribution in [1.29, 1.82) is 0 Å². The van der Waals surface area contributed by atoms with Crippen LogP contribution in [0.4, 0.5) is 5.69 Å². The molecule has 1 aromatic rings. The summed E-state index contributed by atoms with van der Waals surface area (Å²) in [6.45, 7) is 6.80. The number of hydrogen-bond acceptors (Lipinski definition) is 4. The van der Waals surface area contributed by atoms with Gasteiger partial charge in [-0.25, -0.2) is 0 Å². The fourth-order valence-corrected chi connectivity index (χ4v) is 3.20. The van der Waals surface area contributed by atoms with E-state index in [9.17, 15) is 4.79 Å². The van der Waals surface area contributed by atoms with Crippen LogP contribution < -0.4 is 10.2 Å². The Labute approximate surface area is 154 Å². The van der Waals surface area contributed by atoms with E-state index in [1.807, 2.05) is 25.1 Å². The average molecular weight is 360 g/mol. The molecule has 0 atom stereocenters. The Kier molecular flexibility index (Phi) is 6.27. The summed E-state index contributed by atoms with van der Waals surface area (Å²) in [5, 5.41) is 7.47. The van der Waals surface area contributed by atoms with Crippen molar-refractivity contribution in [2.75, 3.05) is 50.8 Å². The van der Waals surface area contributed by atoms with Crippen LogP contribution in [-0.2, 0) is 16.6 Å². The van der Waals surface area contributed by atoms with E-state index in [4.69, 9.17) is 9.73 Å². The van der Waals surface area contributed by atoms with Gasteiger partial charge in [0.25, 0.3) is 0 Å². The topological polar surface area (TPSA) is 75.0 Å². The van der Waals surface area contributed by atoms with Gasteiger partial charge < -0.3 is 19.9 Å². The Morgan fingerprint density at radius 3 is 2.96 bits per heavy atom. The first kappa shape index (κ1) is 18.4. The summed E-state index contributed by atoms with van der Waals surface area (Å²) >= 11 is 0. The van der Waals surface area contributed by atoms with Gasteiger partial charge in [0.1, 0.15) is 6.54 Å². The third-order valence-corrected chi connectivity index (χ3v) is 4.61. The van der Waals surface area contributed by atoms with Gasteiger partial charge in [-0.15, -0.1) is 0 Å². The molecule has 1 fully saturated rings. The molecule has 1 N–H and O–H groups in total. The van der Waals surface area contributed by atoms with Crippen molar-refractivity contribution in [3.8, 4) is 0 Å². The highest BCUT2D eigenvalue weighted by Crippen LogP contribution is 2.16. The van der Waals surface area contributed by atoms with Crippen molar-refractivity contribution in [2.24, 2.45) is 12.0 Å². The Balaban J connectivity index is 1.58. The van der Waals surface area contributed by atoms with Gasteiger partial charge in [-0.3, -0.25) is 14.5 Å². The molecule has 8 nitrogen and oxygen atoms in total. The molecule has 2 aliphatic heterocycles. The smallest absolute Gasteiger partial charge is 0.246 e. The predicted octanol–water partition coefficient (Wildman–Crippen LogP) is 0.771. The van der Waals surface area contributed by atoms with Gasteiger partial charge in [0.05, 0.1) is 25.1 Å². The van der Waals surface area contributed by atoms with Gasteiger partial charge in [-0.1, -0.05) is 11.6 Å². The Bertz CT molecular complexity index is 681. The second kappa shape index (κ2) is 8.84. The number of aryl methyl sites for hydroxylation is 1. The molecule has 8 heteroatoms. The van der Waals surface area contributed by atoms with Crippen molar-refractivity contribution >= 4 is 17.6 Å². The maximum atomic E-state index is 12.6. The second-order valence-corrected chi connectivity index (χ2v) is 6.51. The minimum atomic E-state index is 0.0713. The summed E-state index contributed by atoms with van der Waals surface area (Å²) in [4.78, 5) is 21.1. The third-order valence-electron chi connectivity index (χ3n) is 4.61. The number of carbonyl (C=O) groups excluding carboxylic acids is 1. The zero-order valence-corrected chi connectivity index (χ0v) is 15.6. The number of nitrogens with one attached hydrogen (secondary N) is 1. The summed E-state index contributed by atoms with van der Waals surface area (Å²) in [7, 11) is 1.86. The molecule has 3 rings (SSSR count). The largest absolute Gasteiger partial charge is 0.377 e. The molecule has 142 valence electrons. The highest BCUT2D eigenvalue weighted by atomic mass is 16.5. The zero-order chi connectivity index (χ0) is 18.4. The van der Waals surface area contributed by atoms with E-state index in [-0.39, 0.29) is 5.91 Å². The fourth-order valence-electron chi connectivity index (χ4n) is 3.20. The number of amides is 1. The van der Waals surface area contributed by atoms with Crippen LogP contribution in [0.15, 0.2) is 29.0 Å². The van der Waals surface area contributed by atoms with Crippen LogP contribution in [0, 0.1) is 0 Å². The zero-order valence-electron chi connectivity index (χ0n) is 15.6. The highest BCUT2D eigenvalue weighted by Gasteiger charge is 2.27. The SMILES string of the molecule is CCNC(=NCCC1=CCOCC1)N1CCN(c2cnn(C)c2)C(=O)C1. The molecule has 3 heterocycles. The monoisotopic (exact) mass is 360 g/mol. The van der Waals surface area contributed by atoms with Crippen molar-refractivity contribution in [3.05, 3.63) is 24.0 Å². The predicted molar refractivity (Wildman–Crippen MR) is 101 cm³/mol. The molecule has 0 spiro atoms. The van der Waals surface area contributed by atoms with Gasteiger partial charge in [0.2, 0.25) is 5.91 Å². The van der Waals surface area contributed by atoms with Crippen molar-refractivity contribution in [1.82, 2.24) is 20.0 Å². The van der Waals surface area contributed by atoms with E-state index in [1.165, 1.54) is 5.57 Å². The minimum Gasteiger partial charge on any atom is -0.377 e. The van der Waals surface area contributed by atoms with Gasteiger partial charge in [0.15, 0.2) is 5.96 Å². The van der Waals surface area contributed by atoms with Crippen LogP contribution >= 0.6 is 0 Å². The van der Waals surface area contributed by atoms with Gasteiger partial charge in [0, 0.05) is 39.4 Å². The van der Waals surface area contributed by atoms with Crippen LogP contribution in [0.1, 0.15) is 19.8 Å². The quantitative estimate of drug-likeness (QED) is 0.477. The molecule has 0 aromatic carbocycles. The molecular weight excluding hydrogens is 332 g/mol. The summed E-state index contributed by atoms with van der Waals surface area (Å²) in [6, 6.07) is 0. The average Bonchev–Trinajstić information content (AvgIpc) is 3.08. The summed E-state index contributed by atoms with van der Waals surface area (Å²) in [5.74, 6) is 0.890. The Morgan fingerprint density at radius 2 is 2.31 bits per heavy atom. The number of nitrogens with zero attached hydrogens (tertiary/aromatic N) is 5. The van der Waals surface area contributed by atoms with Crippen molar-refractivity contribution in [2.45, 2.75) is 19.8 Å². The molecule has 1 aromatic heterocycles. The highest BCUT2D eigenvalue weighted by molar-refractivity contribution is 5.98. The van der Waals surface area contributed by atoms with Crippen LogP contribution in [0.3, 0.4) is 0 Å². The second-order valence-electron chi connectivity index (χ2n) is 6.51. The lowest BCUT2D eigenvalue weighted by molar-refractivity contribution is -0.120. The lowest BCUT2D eigenvalue weighted by Gasteiger charge is -2.35. The molecule has 1 amide bonds. The van der Waals surface area contributed by atoms with Crippen LogP contribution in [0.25, 0.3) is 0 Å². The third kappa shape index (κ3) is 4.63. The number of aromatic nitrogens is 2. The van der Waals surface area contributed by atoms with Crippen LogP contribution in [0.2, 0.25) is 0 Å². The fraction of sp³-hybridized carbons (Fsp3) is 0.611. The molecule has 0 saturated carbocycles. The molecule has 0 aliphatic carbocycles. The molecule has 26 heavy (non-hydrogen) atoms. The lowest BCUT2D eigenvalue weighted by atomic mass is 10.1. The van der Waals surface area contributed by atoms with Gasteiger partial charge >= 0.3 is 0 Å². The number of carbonyl (C=O) groups is 1. The first-order valence-electron chi connectivity index (χ1n) is 9.25. The van der Waals surface area contributed by atoms with Crippen molar-refractivity contribution in [3.63, 3.8) is 0 Å². The summed E-state index contributed by atoms with van der Waals surface area (Å²) in [6.07, 6.45) is 7.70. The standard InChI is InChI=1S/C18H28N6O2/c1-3-19-18(20-7-4-15-5-10-26-11-6-15)23-8-9-24(17(25)14-23)16-12-21-22(2)13-16/h5,12-13H,3-4,6-11,14H2,1-2H3,(H,19,20). The maximum Gasteiger partial charge on any atom is 0.246 e. The number of hydrogen-bond donors (Lipinski definition) is 1. The van der Waals surface area contributed by atoms with Gasteiger partial charge in [-0.05, 0) is 19.8 Å². The molecule has 1 saturated heterocycles. The summed E-state index contributed by atoms with van der Waals surface area (Å²) < 4.78 is 7.05. The van der Waals surface area contributed by atoms with E-state index in [0.717, 1.165) is 50.7 Å². The molecule has 0 unspecified atom stereocenters. The molecule has 2 aliphatic rings. The number of rotatable bonds is 5. The number of anilines is 1. The first-order valence-corrected chi connectivity index (χ1v) is 9.25. The lowest BCUT2D eigenvalue weighted by Crippen LogP contribution is -2.55. The van der Waals surface area contributed by atoms with E-state index >= 15 is 0 Å². The van der Waals surface area contributed by atoms with E-state index in [1.54, 1.807) is 15.8 Å². The first-order chi connectivity index (χ1) is 12.7. The number of guanidine groups is 1. The minimum absolute atomic E-state index is 0.0713. The number of aliphatic imine (C=N–C) groups is 1. The van der Waals surface area contributed by atoms with Crippen LogP contribution in [0.5, 0.6) is 0 Å². The molecule has 0 radical (unpaired) electrons. The Hall–Kier alpha value is -2.35. The van der Waals surface area contributed by atoms with E-state index in [0.29, 0.717) is 19.7 Å². The molecular formula is C18H28N6O2. The van der Waals surface area contributed by atoms with E-state index < -0.39 is 0 Å². The normalized spacial score (nSPS) is 18.9. The number of piperazine rings is 1. The van der Waals surface area contributed by atoms with Crippen LogP contribution in [-0.4, -0.2) is 72.5 Å². The Morgan fingerprint density at radius 1 is 1.42 bits per heavy atom.